The monoisotopic (exact) mass is 407 g/mol. The first kappa shape index (κ1) is 18.9. The van der Waals surface area contributed by atoms with Crippen molar-refractivity contribution in [2.75, 3.05) is 5.32 Å². The van der Waals surface area contributed by atoms with Crippen molar-refractivity contribution in [3.05, 3.63) is 81.5 Å². The predicted molar refractivity (Wildman–Crippen MR) is 113 cm³/mol. The summed E-state index contributed by atoms with van der Waals surface area (Å²) in [7, 11) is 0. The topological polar surface area (TPSA) is 81.8 Å². The van der Waals surface area contributed by atoms with E-state index < -0.39 is 0 Å². The summed E-state index contributed by atoms with van der Waals surface area (Å²) in [5.74, 6) is -0.299. The second kappa shape index (κ2) is 7.52. The van der Waals surface area contributed by atoms with Crippen LogP contribution in [0.2, 0.25) is 5.02 Å². The van der Waals surface area contributed by atoms with Gasteiger partial charge in [0.2, 0.25) is 5.91 Å². The molecule has 2 aromatic heterocycles. The summed E-state index contributed by atoms with van der Waals surface area (Å²) in [6.07, 6.45) is 2.82. The Kier molecular flexibility index (Phi) is 4.90. The van der Waals surface area contributed by atoms with Gasteiger partial charge in [-0.05, 0) is 55.3 Å². The third-order valence-corrected chi connectivity index (χ3v) is 5.07. The van der Waals surface area contributed by atoms with Gasteiger partial charge in [-0.15, -0.1) is 0 Å². The summed E-state index contributed by atoms with van der Waals surface area (Å²) in [5.41, 5.74) is 3.63. The quantitative estimate of drug-likeness (QED) is 0.561. The van der Waals surface area contributed by atoms with Gasteiger partial charge >= 0.3 is 0 Å². The molecular weight excluding hydrogens is 390 g/mol. The highest BCUT2D eigenvalue weighted by Gasteiger charge is 2.14. The molecule has 8 heteroatoms. The van der Waals surface area contributed by atoms with Crippen molar-refractivity contribution >= 4 is 34.2 Å². The third-order valence-electron chi connectivity index (χ3n) is 4.82. The molecule has 0 spiro atoms. The maximum atomic E-state index is 12.8. The lowest BCUT2D eigenvalue weighted by atomic mass is 10.1. The summed E-state index contributed by atoms with van der Waals surface area (Å²) >= 11 is 5.93. The van der Waals surface area contributed by atoms with Gasteiger partial charge in [0.05, 0.1) is 11.9 Å². The van der Waals surface area contributed by atoms with Crippen molar-refractivity contribution < 1.29 is 4.79 Å². The minimum atomic E-state index is -0.327. The second-order valence-corrected chi connectivity index (χ2v) is 7.18. The first-order chi connectivity index (χ1) is 13.9. The van der Waals surface area contributed by atoms with E-state index >= 15 is 0 Å². The van der Waals surface area contributed by atoms with Gasteiger partial charge in [0.15, 0.2) is 5.65 Å². The van der Waals surface area contributed by atoms with E-state index in [0.717, 1.165) is 22.5 Å². The lowest BCUT2D eigenvalue weighted by molar-refractivity contribution is -0.116. The maximum absolute atomic E-state index is 12.8. The van der Waals surface area contributed by atoms with Crippen LogP contribution >= 0.6 is 11.6 Å². The Bertz CT molecular complexity index is 1270. The average Bonchev–Trinajstić information content (AvgIpc) is 3.13. The average molecular weight is 408 g/mol. The number of amides is 1. The van der Waals surface area contributed by atoms with E-state index in [1.807, 2.05) is 32.0 Å². The van der Waals surface area contributed by atoms with Gasteiger partial charge in [0, 0.05) is 10.7 Å². The van der Waals surface area contributed by atoms with Crippen molar-refractivity contribution in [1.29, 1.82) is 0 Å². The van der Waals surface area contributed by atoms with Crippen LogP contribution in [-0.2, 0) is 11.3 Å². The summed E-state index contributed by atoms with van der Waals surface area (Å²) in [6.45, 7) is 3.78. The molecule has 29 heavy (non-hydrogen) atoms. The van der Waals surface area contributed by atoms with Gasteiger partial charge < -0.3 is 5.32 Å². The largest absolute Gasteiger partial charge is 0.324 e. The number of hydrogen-bond donors (Lipinski definition) is 1. The maximum Gasteiger partial charge on any atom is 0.264 e. The van der Waals surface area contributed by atoms with Crippen LogP contribution in [0.3, 0.4) is 0 Å². The highest BCUT2D eigenvalue weighted by Crippen LogP contribution is 2.18. The standard InChI is InChI=1S/C21H18ClN5O2/c1-13-4-3-5-18(14(13)2)25-19(28)11-26-12-23-20-17(21(26)29)10-24-27(20)16-8-6-15(22)7-9-16/h3-10,12H,11H2,1-2H3,(H,25,28). The molecule has 0 radical (unpaired) electrons. The molecule has 4 rings (SSSR count). The van der Waals surface area contributed by atoms with Crippen LogP contribution < -0.4 is 10.9 Å². The molecule has 0 fully saturated rings. The SMILES string of the molecule is Cc1cccc(NC(=O)Cn2cnc3c(cnn3-c3ccc(Cl)cc3)c2=O)c1C. The van der Waals surface area contributed by atoms with Crippen LogP contribution in [-0.4, -0.2) is 25.2 Å². The van der Waals surface area contributed by atoms with E-state index in [0.29, 0.717) is 16.1 Å². The van der Waals surface area contributed by atoms with Crippen LogP contribution in [0.1, 0.15) is 11.1 Å². The van der Waals surface area contributed by atoms with Gasteiger partial charge in [0.25, 0.3) is 5.56 Å². The van der Waals surface area contributed by atoms with E-state index in [1.165, 1.54) is 17.1 Å². The molecule has 0 aliphatic carbocycles. The number of rotatable bonds is 4. The molecule has 0 aliphatic rings. The fraction of sp³-hybridized carbons (Fsp3) is 0.143. The van der Waals surface area contributed by atoms with Gasteiger partial charge in [0.1, 0.15) is 18.3 Å². The Labute approximate surface area is 171 Å². The number of nitrogens with one attached hydrogen (secondary N) is 1. The van der Waals surface area contributed by atoms with Gasteiger partial charge in [-0.2, -0.15) is 5.10 Å². The normalized spacial score (nSPS) is 11.0. The van der Waals surface area contributed by atoms with Gasteiger partial charge in [-0.1, -0.05) is 23.7 Å². The fourth-order valence-corrected chi connectivity index (χ4v) is 3.19. The molecule has 146 valence electrons. The van der Waals surface area contributed by atoms with E-state index in [4.69, 9.17) is 11.6 Å². The molecule has 2 aromatic carbocycles. The number of hydrogen-bond acceptors (Lipinski definition) is 4. The number of nitrogens with zero attached hydrogens (tertiary/aromatic N) is 4. The van der Waals surface area contributed by atoms with Gasteiger partial charge in [-0.25, -0.2) is 9.67 Å². The summed E-state index contributed by atoms with van der Waals surface area (Å²) in [6, 6.07) is 12.8. The Morgan fingerprint density at radius 1 is 1.14 bits per heavy atom. The van der Waals surface area contributed by atoms with Crippen molar-refractivity contribution in [2.45, 2.75) is 20.4 Å². The van der Waals surface area contributed by atoms with E-state index in [1.54, 1.807) is 28.9 Å². The highest BCUT2D eigenvalue weighted by molar-refractivity contribution is 6.30. The van der Waals surface area contributed by atoms with Crippen LogP contribution in [0, 0.1) is 13.8 Å². The Hall–Kier alpha value is -3.45. The zero-order chi connectivity index (χ0) is 20.5. The first-order valence-corrected chi connectivity index (χ1v) is 9.37. The van der Waals surface area contributed by atoms with E-state index in [-0.39, 0.29) is 18.0 Å². The van der Waals surface area contributed by atoms with Crippen molar-refractivity contribution in [3.8, 4) is 5.69 Å². The van der Waals surface area contributed by atoms with Gasteiger partial charge in [-0.3, -0.25) is 14.2 Å². The third kappa shape index (κ3) is 3.64. The van der Waals surface area contributed by atoms with Crippen molar-refractivity contribution in [2.24, 2.45) is 0 Å². The van der Waals surface area contributed by atoms with Crippen molar-refractivity contribution in [1.82, 2.24) is 19.3 Å². The molecule has 0 atom stereocenters. The second-order valence-electron chi connectivity index (χ2n) is 6.74. The molecule has 2 heterocycles. The minimum Gasteiger partial charge on any atom is -0.324 e. The summed E-state index contributed by atoms with van der Waals surface area (Å²) < 4.78 is 2.84. The number of carbonyl (C=O) groups is 1. The van der Waals surface area contributed by atoms with E-state index in [2.05, 4.69) is 15.4 Å². The lowest BCUT2D eigenvalue weighted by Crippen LogP contribution is -2.28. The molecule has 1 amide bonds. The van der Waals surface area contributed by atoms with Crippen LogP contribution in [0.15, 0.2) is 59.8 Å². The summed E-state index contributed by atoms with van der Waals surface area (Å²) in [4.78, 5) is 29.6. The zero-order valence-corrected chi connectivity index (χ0v) is 16.6. The van der Waals surface area contributed by atoms with E-state index in [9.17, 15) is 9.59 Å². The zero-order valence-electron chi connectivity index (χ0n) is 15.9. The number of aromatic nitrogens is 4. The van der Waals surface area contributed by atoms with Crippen molar-refractivity contribution in [3.63, 3.8) is 0 Å². The molecule has 0 saturated carbocycles. The molecule has 0 saturated heterocycles. The minimum absolute atomic E-state index is 0.138. The first-order valence-electron chi connectivity index (χ1n) is 8.99. The van der Waals surface area contributed by atoms with Crippen LogP contribution in [0.5, 0.6) is 0 Å². The number of fused-ring (bicyclic) bond motifs is 1. The lowest BCUT2D eigenvalue weighted by Gasteiger charge is -2.11. The Morgan fingerprint density at radius 3 is 2.66 bits per heavy atom. The Balaban J connectivity index is 1.61. The van der Waals surface area contributed by atoms with Crippen LogP contribution in [0.25, 0.3) is 16.7 Å². The molecular formula is C21H18ClN5O2. The molecule has 7 nitrogen and oxygen atoms in total. The number of aryl methyl sites for hydroxylation is 1. The van der Waals surface area contributed by atoms with Crippen LogP contribution in [0.4, 0.5) is 5.69 Å². The molecule has 1 N–H and O–H groups in total. The summed E-state index contributed by atoms with van der Waals surface area (Å²) in [5, 5.41) is 8.06. The molecule has 0 unspecified atom stereocenters. The molecule has 4 aromatic rings. The molecule has 0 aliphatic heterocycles. The number of halogens is 1. The smallest absolute Gasteiger partial charge is 0.264 e. The number of carbonyl (C=O) groups excluding carboxylic acids is 1. The number of benzene rings is 2. The highest BCUT2D eigenvalue weighted by atomic mass is 35.5. The fourth-order valence-electron chi connectivity index (χ4n) is 3.06. The molecule has 0 bridgehead atoms. The number of anilines is 1. The predicted octanol–water partition coefficient (Wildman–Crippen LogP) is 3.49. The Morgan fingerprint density at radius 2 is 1.90 bits per heavy atom.